The van der Waals surface area contributed by atoms with Gasteiger partial charge in [0.1, 0.15) is 11.6 Å². The van der Waals surface area contributed by atoms with Crippen LogP contribution in [0.1, 0.15) is 52.6 Å². The van der Waals surface area contributed by atoms with Gasteiger partial charge in [-0.1, -0.05) is 36.5 Å². The predicted octanol–water partition coefficient (Wildman–Crippen LogP) is 5.41. The zero-order chi connectivity index (χ0) is 16.7. The van der Waals surface area contributed by atoms with Gasteiger partial charge in [-0.2, -0.15) is 0 Å². The fourth-order valence-corrected chi connectivity index (χ4v) is 3.25. The van der Waals surface area contributed by atoms with Gasteiger partial charge in [0.2, 0.25) is 0 Å². The summed E-state index contributed by atoms with van der Waals surface area (Å²) < 4.78 is 28.4. The SMILES string of the molecule is Cc1cc(C)c(C#Cc2cc(F)c(C3CC3C)c(F)c2)c(C)c1. The fourth-order valence-electron chi connectivity index (χ4n) is 3.25. The second-order valence-corrected chi connectivity index (χ2v) is 6.70. The Morgan fingerprint density at radius 1 is 0.913 bits per heavy atom. The lowest BCUT2D eigenvalue weighted by Crippen LogP contribution is -1.96. The number of hydrogen-bond acceptors (Lipinski definition) is 0. The molecule has 0 N–H and O–H groups in total. The van der Waals surface area contributed by atoms with Gasteiger partial charge in [0, 0.05) is 16.7 Å². The summed E-state index contributed by atoms with van der Waals surface area (Å²) in [5.74, 6) is 5.43. The number of hydrogen-bond donors (Lipinski definition) is 0. The summed E-state index contributed by atoms with van der Waals surface area (Å²) in [4.78, 5) is 0. The Morgan fingerprint density at radius 3 is 1.91 bits per heavy atom. The van der Waals surface area contributed by atoms with Gasteiger partial charge in [-0.15, -0.1) is 0 Å². The van der Waals surface area contributed by atoms with E-state index in [2.05, 4.69) is 24.0 Å². The molecule has 2 aromatic carbocycles. The van der Waals surface area contributed by atoms with Crippen molar-refractivity contribution in [2.24, 2.45) is 5.92 Å². The first-order valence-corrected chi connectivity index (χ1v) is 7.95. The van der Waals surface area contributed by atoms with Crippen molar-refractivity contribution in [2.45, 2.75) is 40.0 Å². The minimum absolute atomic E-state index is 0.0265. The molecule has 2 aromatic rings. The molecule has 1 saturated carbocycles. The minimum Gasteiger partial charge on any atom is -0.207 e. The van der Waals surface area contributed by atoms with E-state index in [1.54, 1.807) is 0 Å². The summed E-state index contributed by atoms with van der Waals surface area (Å²) in [5.41, 5.74) is 4.89. The Labute approximate surface area is 136 Å². The molecule has 0 saturated heterocycles. The lowest BCUT2D eigenvalue weighted by molar-refractivity contribution is 0.552. The van der Waals surface area contributed by atoms with Gasteiger partial charge < -0.3 is 0 Å². The van der Waals surface area contributed by atoms with Crippen LogP contribution >= 0.6 is 0 Å². The van der Waals surface area contributed by atoms with Crippen LogP contribution in [0, 0.1) is 50.2 Å². The minimum atomic E-state index is -0.471. The van der Waals surface area contributed by atoms with E-state index in [0.29, 0.717) is 11.5 Å². The van der Waals surface area contributed by atoms with Crippen molar-refractivity contribution in [1.82, 2.24) is 0 Å². The van der Waals surface area contributed by atoms with Gasteiger partial charge in [-0.25, -0.2) is 8.78 Å². The van der Waals surface area contributed by atoms with Gasteiger partial charge in [0.25, 0.3) is 0 Å². The van der Waals surface area contributed by atoms with Crippen molar-refractivity contribution in [1.29, 1.82) is 0 Å². The molecule has 0 spiro atoms. The van der Waals surface area contributed by atoms with Crippen LogP contribution in [0.2, 0.25) is 0 Å². The molecule has 0 amide bonds. The summed E-state index contributed by atoms with van der Waals surface area (Å²) in [5, 5.41) is 0. The third-order valence-corrected chi connectivity index (χ3v) is 4.57. The van der Waals surface area contributed by atoms with Gasteiger partial charge in [0.05, 0.1) is 0 Å². The summed E-state index contributed by atoms with van der Waals surface area (Å²) >= 11 is 0. The van der Waals surface area contributed by atoms with Gasteiger partial charge in [-0.3, -0.25) is 0 Å². The fraction of sp³-hybridized carbons (Fsp3) is 0.333. The third-order valence-electron chi connectivity index (χ3n) is 4.57. The van der Waals surface area contributed by atoms with Gasteiger partial charge in [0.15, 0.2) is 0 Å². The van der Waals surface area contributed by atoms with Crippen molar-refractivity contribution in [3.63, 3.8) is 0 Å². The molecule has 0 aromatic heterocycles. The molecular formula is C21H20F2. The first-order chi connectivity index (χ1) is 10.9. The van der Waals surface area contributed by atoms with Crippen LogP contribution in [0.15, 0.2) is 24.3 Å². The van der Waals surface area contributed by atoms with E-state index < -0.39 is 11.6 Å². The van der Waals surface area contributed by atoms with Crippen LogP contribution in [0.4, 0.5) is 8.78 Å². The summed E-state index contributed by atoms with van der Waals surface area (Å²) in [6, 6.07) is 6.84. The molecule has 0 aliphatic heterocycles. The van der Waals surface area contributed by atoms with E-state index in [1.165, 1.54) is 17.7 Å². The van der Waals surface area contributed by atoms with Crippen LogP contribution in [-0.2, 0) is 0 Å². The molecule has 118 valence electrons. The molecule has 1 aliphatic carbocycles. The van der Waals surface area contributed by atoms with Gasteiger partial charge in [-0.05, 0) is 62.3 Å². The van der Waals surface area contributed by atoms with Gasteiger partial charge >= 0.3 is 0 Å². The molecule has 2 atom stereocenters. The maximum Gasteiger partial charge on any atom is 0.130 e. The van der Waals surface area contributed by atoms with Crippen LogP contribution < -0.4 is 0 Å². The molecule has 0 bridgehead atoms. The van der Waals surface area contributed by atoms with Crippen molar-refractivity contribution < 1.29 is 8.78 Å². The smallest absolute Gasteiger partial charge is 0.130 e. The highest BCUT2D eigenvalue weighted by molar-refractivity contribution is 5.52. The van der Waals surface area contributed by atoms with Crippen LogP contribution in [0.25, 0.3) is 0 Å². The largest absolute Gasteiger partial charge is 0.207 e. The van der Waals surface area contributed by atoms with Crippen LogP contribution in [-0.4, -0.2) is 0 Å². The van der Waals surface area contributed by atoms with E-state index in [1.807, 2.05) is 27.7 Å². The molecule has 0 nitrogen and oxygen atoms in total. The molecule has 2 heteroatoms. The highest BCUT2D eigenvalue weighted by atomic mass is 19.1. The summed E-state index contributed by atoms with van der Waals surface area (Å²) in [7, 11) is 0. The molecule has 0 heterocycles. The lowest BCUT2D eigenvalue weighted by Gasteiger charge is -2.06. The number of benzene rings is 2. The second-order valence-electron chi connectivity index (χ2n) is 6.70. The molecule has 0 radical (unpaired) electrons. The first kappa shape index (κ1) is 15.7. The highest BCUT2D eigenvalue weighted by Crippen LogP contribution is 2.48. The quantitative estimate of drug-likeness (QED) is 0.618. The lowest BCUT2D eigenvalue weighted by atomic mass is 9.99. The topological polar surface area (TPSA) is 0 Å². The maximum atomic E-state index is 14.2. The van der Waals surface area contributed by atoms with Crippen molar-refractivity contribution in [3.05, 3.63) is 69.3 Å². The zero-order valence-corrected chi connectivity index (χ0v) is 13.9. The summed E-state index contributed by atoms with van der Waals surface area (Å²) in [6.07, 6.45) is 0.862. The van der Waals surface area contributed by atoms with Crippen molar-refractivity contribution in [2.75, 3.05) is 0 Å². The third kappa shape index (κ3) is 3.15. The zero-order valence-electron chi connectivity index (χ0n) is 13.9. The normalized spacial score (nSPS) is 19.2. The Bertz CT molecular complexity index is 791. The van der Waals surface area contributed by atoms with E-state index in [-0.39, 0.29) is 11.5 Å². The monoisotopic (exact) mass is 310 g/mol. The Kier molecular flexibility index (Phi) is 3.98. The average molecular weight is 310 g/mol. The molecule has 23 heavy (non-hydrogen) atoms. The number of halogens is 2. The van der Waals surface area contributed by atoms with Crippen LogP contribution in [0.3, 0.4) is 0 Å². The summed E-state index contributed by atoms with van der Waals surface area (Å²) in [6.45, 7) is 8.06. The molecule has 1 aliphatic rings. The standard InChI is InChI=1S/C21H20F2/c1-12-7-13(2)17(14(3)8-12)6-5-16-10-19(22)21(20(23)11-16)18-9-15(18)4/h7-8,10-11,15,18H,9H2,1-4H3. The van der Waals surface area contributed by atoms with Crippen molar-refractivity contribution in [3.8, 4) is 11.8 Å². The van der Waals surface area contributed by atoms with E-state index >= 15 is 0 Å². The Balaban J connectivity index is 1.96. The van der Waals surface area contributed by atoms with E-state index in [0.717, 1.165) is 23.1 Å². The molecule has 3 rings (SSSR count). The van der Waals surface area contributed by atoms with E-state index in [4.69, 9.17) is 0 Å². The second kappa shape index (κ2) is 5.81. The van der Waals surface area contributed by atoms with E-state index in [9.17, 15) is 8.78 Å². The Morgan fingerprint density at radius 2 is 1.43 bits per heavy atom. The highest BCUT2D eigenvalue weighted by Gasteiger charge is 2.38. The number of aryl methyl sites for hydroxylation is 3. The number of rotatable bonds is 1. The Hall–Kier alpha value is -2.14. The average Bonchev–Trinajstić information content (AvgIpc) is 3.13. The molecule has 2 unspecified atom stereocenters. The molecular weight excluding hydrogens is 290 g/mol. The first-order valence-electron chi connectivity index (χ1n) is 7.95. The predicted molar refractivity (Wildman–Crippen MR) is 89.5 cm³/mol. The van der Waals surface area contributed by atoms with Crippen molar-refractivity contribution >= 4 is 0 Å². The molecule has 1 fully saturated rings. The maximum absolute atomic E-state index is 14.2. The van der Waals surface area contributed by atoms with Crippen LogP contribution in [0.5, 0.6) is 0 Å².